The van der Waals surface area contributed by atoms with Crippen LogP contribution in [0.2, 0.25) is 0 Å². The van der Waals surface area contributed by atoms with Crippen molar-refractivity contribution in [1.29, 1.82) is 0 Å². The number of hydrogen-bond donors (Lipinski definition) is 0. The SMILES string of the molecule is CC(C)=CCC1(C2=CCCC2)CCCC1=O. The van der Waals surface area contributed by atoms with E-state index >= 15 is 0 Å². The third kappa shape index (κ3) is 2.00. The number of ketones is 1. The minimum Gasteiger partial charge on any atom is -0.299 e. The van der Waals surface area contributed by atoms with Gasteiger partial charge in [0.05, 0.1) is 5.41 Å². The molecule has 1 atom stereocenters. The van der Waals surface area contributed by atoms with E-state index in [0.29, 0.717) is 5.78 Å². The molecule has 1 nitrogen and oxygen atoms in total. The van der Waals surface area contributed by atoms with Gasteiger partial charge in [0.15, 0.2) is 0 Å². The quantitative estimate of drug-likeness (QED) is 0.649. The highest BCUT2D eigenvalue weighted by atomic mass is 16.1. The maximum atomic E-state index is 12.2. The predicted octanol–water partition coefficient (Wildman–Crippen LogP) is 4.19. The van der Waals surface area contributed by atoms with E-state index in [1.165, 1.54) is 24.0 Å². The summed E-state index contributed by atoms with van der Waals surface area (Å²) in [6, 6.07) is 0. The second-order valence-corrected chi connectivity index (χ2v) is 5.47. The van der Waals surface area contributed by atoms with Crippen LogP contribution in [0, 0.1) is 5.41 Å². The van der Waals surface area contributed by atoms with Crippen molar-refractivity contribution in [2.24, 2.45) is 5.41 Å². The lowest BCUT2D eigenvalue weighted by atomic mass is 9.74. The third-order valence-corrected chi connectivity index (χ3v) is 4.06. The third-order valence-electron chi connectivity index (χ3n) is 4.06. The Balaban J connectivity index is 2.25. The van der Waals surface area contributed by atoms with Crippen LogP contribution in [0.4, 0.5) is 0 Å². The van der Waals surface area contributed by atoms with Gasteiger partial charge >= 0.3 is 0 Å². The molecule has 0 aromatic rings. The van der Waals surface area contributed by atoms with Crippen LogP contribution in [0.1, 0.15) is 58.8 Å². The lowest BCUT2D eigenvalue weighted by Gasteiger charge is -2.28. The van der Waals surface area contributed by atoms with E-state index in [4.69, 9.17) is 0 Å². The summed E-state index contributed by atoms with van der Waals surface area (Å²) in [7, 11) is 0. The summed E-state index contributed by atoms with van der Waals surface area (Å²) in [5.74, 6) is 0.498. The van der Waals surface area contributed by atoms with Crippen LogP contribution in [0.3, 0.4) is 0 Å². The van der Waals surface area contributed by atoms with E-state index in [9.17, 15) is 4.79 Å². The molecule has 16 heavy (non-hydrogen) atoms. The smallest absolute Gasteiger partial charge is 0.143 e. The molecule has 0 aromatic carbocycles. The molecule has 0 N–H and O–H groups in total. The molecule has 1 unspecified atom stereocenters. The van der Waals surface area contributed by atoms with Crippen LogP contribution in [0.25, 0.3) is 0 Å². The van der Waals surface area contributed by atoms with Gasteiger partial charge in [0, 0.05) is 6.42 Å². The van der Waals surface area contributed by atoms with Gasteiger partial charge in [0.2, 0.25) is 0 Å². The van der Waals surface area contributed by atoms with E-state index in [1.54, 1.807) is 0 Å². The average molecular weight is 218 g/mol. The number of Topliss-reactive ketones (excluding diaryl/α,β-unsaturated/α-hetero) is 1. The van der Waals surface area contributed by atoms with Crippen LogP contribution < -0.4 is 0 Å². The molecule has 0 spiro atoms. The summed E-state index contributed by atoms with van der Waals surface area (Å²) < 4.78 is 0. The Kier molecular flexibility index (Phi) is 3.32. The molecule has 0 bridgehead atoms. The second kappa shape index (κ2) is 4.57. The summed E-state index contributed by atoms with van der Waals surface area (Å²) >= 11 is 0. The van der Waals surface area contributed by atoms with Gasteiger partial charge in [-0.25, -0.2) is 0 Å². The van der Waals surface area contributed by atoms with Crippen molar-refractivity contribution in [3.8, 4) is 0 Å². The van der Waals surface area contributed by atoms with Crippen LogP contribution in [-0.4, -0.2) is 5.78 Å². The van der Waals surface area contributed by atoms with E-state index < -0.39 is 0 Å². The normalized spacial score (nSPS) is 29.4. The minimum absolute atomic E-state index is 0.0895. The fourth-order valence-electron chi connectivity index (χ4n) is 3.10. The molecule has 0 heterocycles. The number of carbonyl (C=O) groups is 1. The highest BCUT2D eigenvalue weighted by molar-refractivity contribution is 5.90. The molecule has 2 aliphatic rings. The molecular weight excluding hydrogens is 196 g/mol. The van der Waals surface area contributed by atoms with Crippen molar-refractivity contribution >= 4 is 5.78 Å². The molecule has 0 aromatic heterocycles. The topological polar surface area (TPSA) is 17.1 Å². The van der Waals surface area contributed by atoms with Crippen molar-refractivity contribution in [2.75, 3.05) is 0 Å². The van der Waals surface area contributed by atoms with Gasteiger partial charge in [0.1, 0.15) is 5.78 Å². The highest BCUT2D eigenvalue weighted by Crippen LogP contribution is 2.48. The molecule has 1 fully saturated rings. The lowest BCUT2D eigenvalue weighted by molar-refractivity contribution is -0.124. The largest absolute Gasteiger partial charge is 0.299 e. The number of allylic oxidation sites excluding steroid dienone is 4. The lowest BCUT2D eigenvalue weighted by Crippen LogP contribution is -2.27. The van der Waals surface area contributed by atoms with E-state index in [0.717, 1.165) is 32.1 Å². The van der Waals surface area contributed by atoms with Gasteiger partial charge in [-0.2, -0.15) is 0 Å². The Bertz CT molecular complexity index is 344. The molecule has 0 amide bonds. The molecule has 1 saturated carbocycles. The zero-order chi connectivity index (χ0) is 11.6. The average Bonchev–Trinajstić information content (AvgIpc) is 2.84. The van der Waals surface area contributed by atoms with E-state index in [2.05, 4.69) is 26.0 Å². The maximum absolute atomic E-state index is 12.2. The first-order valence-electron chi connectivity index (χ1n) is 6.51. The number of rotatable bonds is 3. The first kappa shape index (κ1) is 11.6. The Morgan fingerprint density at radius 2 is 2.19 bits per heavy atom. The first-order chi connectivity index (χ1) is 7.65. The number of carbonyl (C=O) groups excluding carboxylic acids is 1. The van der Waals surface area contributed by atoms with Crippen molar-refractivity contribution in [2.45, 2.75) is 58.8 Å². The van der Waals surface area contributed by atoms with Gasteiger partial charge < -0.3 is 0 Å². The molecule has 0 aliphatic heterocycles. The predicted molar refractivity (Wildman–Crippen MR) is 67.3 cm³/mol. The van der Waals surface area contributed by atoms with Gasteiger partial charge in [-0.15, -0.1) is 0 Å². The highest BCUT2D eigenvalue weighted by Gasteiger charge is 2.44. The van der Waals surface area contributed by atoms with Gasteiger partial charge in [-0.3, -0.25) is 4.79 Å². The fourth-order valence-corrected chi connectivity index (χ4v) is 3.10. The van der Waals surface area contributed by atoms with Crippen LogP contribution in [-0.2, 0) is 4.79 Å². The van der Waals surface area contributed by atoms with Gasteiger partial charge in [0.25, 0.3) is 0 Å². The molecular formula is C15H22O. The van der Waals surface area contributed by atoms with Gasteiger partial charge in [-0.1, -0.05) is 23.3 Å². The molecule has 88 valence electrons. The van der Waals surface area contributed by atoms with Crippen molar-refractivity contribution in [3.63, 3.8) is 0 Å². The van der Waals surface area contributed by atoms with Crippen molar-refractivity contribution in [1.82, 2.24) is 0 Å². The summed E-state index contributed by atoms with van der Waals surface area (Å²) in [4.78, 5) is 12.2. The second-order valence-electron chi connectivity index (χ2n) is 5.47. The van der Waals surface area contributed by atoms with E-state index in [1.807, 2.05) is 0 Å². The monoisotopic (exact) mass is 218 g/mol. The Labute approximate surface area is 98.6 Å². The van der Waals surface area contributed by atoms with Crippen LogP contribution in [0.5, 0.6) is 0 Å². The summed E-state index contributed by atoms with van der Waals surface area (Å²) in [5.41, 5.74) is 2.69. The van der Waals surface area contributed by atoms with Gasteiger partial charge in [-0.05, 0) is 52.4 Å². The molecule has 1 heteroatoms. The Morgan fingerprint density at radius 1 is 1.38 bits per heavy atom. The molecule has 2 aliphatic carbocycles. The summed E-state index contributed by atoms with van der Waals surface area (Å²) in [6.45, 7) is 4.24. The first-order valence-corrected chi connectivity index (χ1v) is 6.51. The molecule has 0 saturated heterocycles. The summed E-state index contributed by atoms with van der Waals surface area (Å²) in [5, 5.41) is 0. The van der Waals surface area contributed by atoms with Crippen molar-refractivity contribution in [3.05, 3.63) is 23.3 Å². The fraction of sp³-hybridized carbons (Fsp3) is 0.667. The van der Waals surface area contributed by atoms with E-state index in [-0.39, 0.29) is 5.41 Å². The van der Waals surface area contributed by atoms with Crippen LogP contribution in [0.15, 0.2) is 23.3 Å². The summed E-state index contributed by atoms with van der Waals surface area (Å²) in [6.07, 6.45) is 12.1. The van der Waals surface area contributed by atoms with Crippen molar-refractivity contribution < 1.29 is 4.79 Å². The molecule has 0 radical (unpaired) electrons. The Hall–Kier alpha value is -0.850. The molecule has 2 rings (SSSR count). The zero-order valence-corrected chi connectivity index (χ0v) is 10.5. The zero-order valence-electron chi connectivity index (χ0n) is 10.5. The number of hydrogen-bond acceptors (Lipinski definition) is 1. The van der Waals surface area contributed by atoms with Crippen LogP contribution >= 0.6 is 0 Å². The maximum Gasteiger partial charge on any atom is 0.143 e. The minimum atomic E-state index is -0.0895. The standard InChI is InChI=1S/C15H22O/c1-12(2)9-11-15(10-5-8-14(15)16)13-6-3-4-7-13/h6,9H,3-5,7-8,10-11H2,1-2H3. The Morgan fingerprint density at radius 3 is 2.69 bits per heavy atom.